The molecule has 1 aromatic carbocycles. The first-order chi connectivity index (χ1) is 9.68. The van der Waals surface area contributed by atoms with Crippen molar-refractivity contribution >= 4 is 15.9 Å². The normalized spacial score (nSPS) is 27.5. The van der Waals surface area contributed by atoms with Gasteiger partial charge < -0.3 is 10.1 Å². The van der Waals surface area contributed by atoms with Gasteiger partial charge in [-0.05, 0) is 43.9 Å². The van der Waals surface area contributed by atoms with E-state index in [0.717, 1.165) is 48.9 Å². The summed E-state index contributed by atoms with van der Waals surface area (Å²) >= 11 is 3.48. The first kappa shape index (κ1) is 14.4. The Morgan fingerprint density at radius 2 is 2.30 bits per heavy atom. The van der Waals surface area contributed by atoms with Crippen LogP contribution < -0.4 is 10.1 Å². The van der Waals surface area contributed by atoms with Gasteiger partial charge in [0.15, 0.2) is 0 Å². The molecule has 0 spiro atoms. The Balaban J connectivity index is 1.54. The van der Waals surface area contributed by atoms with Gasteiger partial charge in [0, 0.05) is 36.2 Å². The minimum atomic E-state index is 0.332. The van der Waals surface area contributed by atoms with Crippen LogP contribution in [0, 0.1) is 5.92 Å². The fourth-order valence-electron chi connectivity index (χ4n) is 3.23. The Labute approximate surface area is 129 Å². The lowest BCUT2D eigenvalue weighted by Crippen LogP contribution is -2.61. The maximum Gasteiger partial charge on any atom is 0.120 e. The highest BCUT2D eigenvalue weighted by atomic mass is 79.9. The molecule has 1 atom stereocenters. The number of benzene rings is 1. The van der Waals surface area contributed by atoms with Crippen LogP contribution in [0.5, 0.6) is 5.75 Å². The van der Waals surface area contributed by atoms with Gasteiger partial charge in [-0.1, -0.05) is 22.0 Å². The smallest absolute Gasteiger partial charge is 0.120 e. The summed E-state index contributed by atoms with van der Waals surface area (Å²) in [7, 11) is 0. The Kier molecular flexibility index (Phi) is 4.34. The van der Waals surface area contributed by atoms with Crippen LogP contribution in [-0.4, -0.2) is 43.2 Å². The van der Waals surface area contributed by atoms with Gasteiger partial charge in [-0.2, -0.15) is 0 Å². The number of nitrogens with zero attached hydrogens (tertiary/aromatic N) is 1. The highest BCUT2D eigenvalue weighted by molar-refractivity contribution is 9.10. The van der Waals surface area contributed by atoms with Crippen molar-refractivity contribution in [2.75, 3.05) is 32.8 Å². The molecule has 1 aromatic rings. The predicted octanol–water partition coefficient (Wildman–Crippen LogP) is 2.90. The number of rotatable bonds is 5. The summed E-state index contributed by atoms with van der Waals surface area (Å²) < 4.78 is 6.96. The quantitative estimate of drug-likeness (QED) is 0.893. The third kappa shape index (κ3) is 3.18. The molecule has 3 rings (SSSR count). The van der Waals surface area contributed by atoms with Crippen molar-refractivity contribution in [1.82, 2.24) is 10.2 Å². The minimum Gasteiger partial charge on any atom is -0.492 e. The Bertz CT molecular complexity index is 464. The Morgan fingerprint density at radius 3 is 3.05 bits per heavy atom. The van der Waals surface area contributed by atoms with E-state index in [0.29, 0.717) is 5.54 Å². The SMILES string of the molecule is CC1(C2CC2)CNCCN1CCOc1cccc(Br)c1. The maximum absolute atomic E-state index is 5.89. The number of nitrogens with one attached hydrogen (secondary N) is 1. The molecule has 3 nitrogen and oxygen atoms in total. The van der Waals surface area contributed by atoms with Crippen LogP contribution in [0.3, 0.4) is 0 Å². The molecular weight excluding hydrogens is 316 g/mol. The number of piperazine rings is 1. The molecular formula is C16H23BrN2O. The summed E-state index contributed by atoms with van der Waals surface area (Å²) in [6.07, 6.45) is 2.78. The van der Waals surface area contributed by atoms with Gasteiger partial charge in [0.25, 0.3) is 0 Å². The molecule has 1 saturated heterocycles. The summed E-state index contributed by atoms with van der Waals surface area (Å²) in [6.45, 7) is 7.54. The van der Waals surface area contributed by atoms with E-state index >= 15 is 0 Å². The van der Waals surface area contributed by atoms with Crippen LogP contribution in [0.25, 0.3) is 0 Å². The van der Waals surface area contributed by atoms with Crippen LogP contribution >= 0.6 is 15.9 Å². The third-order valence-electron chi connectivity index (χ3n) is 4.65. The number of hydrogen-bond acceptors (Lipinski definition) is 3. The van der Waals surface area contributed by atoms with Crippen molar-refractivity contribution in [2.45, 2.75) is 25.3 Å². The van der Waals surface area contributed by atoms with E-state index in [9.17, 15) is 0 Å². The van der Waals surface area contributed by atoms with E-state index in [1.165, 1.54) is 12.8 Å². The topological polar surface area (TPSA) is 24.5 Å². The molecule has 2 aliphatic rings. The molecule has 1 saturated carbocycles. The fraction of sp³-hybridized carbons (Fsp3) is 0.625. The highest BCUT2D eigenvalue weighted by Gasteiger charge is 2.46. The lowest BCUT2D eigenvalue weighted by atomic mass is 9.91. The third-order valence-corrected chi connectivity index (χ3v) is 5.14. The van der Waals surface area contributed by atoms with Gasteiger partial charge >= 0.3 is 0 Å². The summed E-state index contributed by atoms with van der Waals surface area (Å²) in [5.74, 6) is 1.82. The first-order valence-electron chi connectivity index (χ1n) is 7.53. The van der Waals surface area contributed by atoms with Crippen LogP contribution in [0.15, 0.2) is 28.7 Å². The number of halogens is 1. The average molecular weight is 339 g/mol. The zero-order valence-electron chi connectivity index (χ0n) is 12.1. The monoisotopic (exact) mass is 338 g/mol. The lowest BCUT2D eigenvalue weighted by molar-refractivity contribution is 0.0436. The Morgan fingerprint density at radius 1 is 1.45 bits per heavy atom. The maximum atomic E-state index is 5.89. The van der Waals surface area contributed by atoms with Gasteiger partial charge in [-0.3, -0.25) is 4.90 Å². The second kappa shape index (κ2) is 6.04. The van der Waals surface area contributed by atoms with Crippen molar-refractivity contribution in [1.29, 1.82) is 0 Å². The van der Waals surface area contributed by atoms with Crippen LogP contribution in [-0.2, 0) is 0 Å². The predicted molar refractivity (Wildman–Crippen MR) is 85.2 cm³/mol. The van der Waals surface area contributed by atoms with Gasteiger partial charge in [-0.25, -0.2) is 0 Å². The molecule has 0 radical (unpaired) electrons. The summed E-state index contributed by atoms with van der Waals surface area (Å²) in [5.41, 5.74) is 0.332. The highest BCUT2D eigenvalue weighted by Crippen LogP contribution is 2.43. The van der Waals surface area contributed by atoms with E-state index in [2.05, 4.69) is 33.1 Å². The molecule has 1 N–H and O–H groups in total. The standard InChI is InChI=1S/C16H23BrN2O/c1-16(13-5-6-13)12-18-7-8-19(16)9-10-20-15-4-2-3-14(17)11-15/h2-4,11,13,18H,5-10,12H2,1H3. The molecule has 1 aliphatic carbocycles. The average Bonchev–Trinajstić information content (AvgIpc) is 3.26. The van der Waals surface area contributed by atoms with Crippen LogP contribution in [0.2, 0.25) is 0 Å². The van der Waals surface area contributed by atoms with Crippen molar-refractivity contribution in [3.05, 3.63) is 28.7 Å². The zero-order valence-corrected chi connectivity index (χ0v) is 13.7. The fourth-order valence-corrected chi connectivity index (χ4v) is 3.61. The van der Waals surface area contributed by atoms with Gasteiger partial charge in [0.05, 0.1) is 0 Å². The van der Waals surface area contributed by atoms with Crippen LogP contribution in [0.4, 0.5) is 0 Å². The minimum absolute atomic E-state index is 0.332. The van der Waals surface area contributed by atoms with E-state index in [-0.39, 0.29) is 0 Å². The van der Waals surface area contributed by atoms with E-state index in [1.807, 2.05) is 24.3 Å². The zero-order chi connectivity index (χ0) is 14.0. The van der Waals surface area contributed by atoms with E-state index in [1.54, 1.807) is 0 Å². The molecule has 20 heavy (non-hydrogen) atoms. The number of hydrogen-bond donors (Lipinski definition) is 1. The van der Waals surface area contributed by atoms with Gasteiger partial charge in [-0.15, -0.1) is 0 Å². The molecule has 0 aromatic heterocycles. The van der Waals surface area contributed by atoms with Gasteiger partial charge in [0.1, 0.15) is 12.4 Å². The molecule has 110 valence electrons. The second-order valence-corrected chi connectivity index (χ2v) is 7.02. The molecule has 1 unspecified atom stereocenters. The molecule has 1 aliphatic heterocycles. The molecule has 4 heteroatoms. The summed E-state index contributed by atoms with van der Waals surface area (Å²) in [4.78, 5) is 2.62. The molecule has 1 heterocycles. The largest absolute Gasteiger partial charge is 0.492 e. The number of ether oxygens (including phenoxy) is 1. The van der Waals surface area contributed by atoms with Crippen molar-refractivity contribution in [3.63, 3.8) is 0 Å². The van der Waals surface area contributed by atoms with Crippen molar-refractivity contribution < 1.29 is 4.74 Å². The van der Waals surface area contributed by atoms with Crippen LogP contribution in [0.1, 0.15) is 19.8 Å². The van der Waals surface area contributed by atoms with Crippen molar-refractivity contribution in [2.24, 2.45) is 5.92 Å². The summed E-state index contributed by atoms with van der Waals surface area (Å²) in [5, 5.41) is 3.55. The van der Waals surface area contributed by atoms with E-state index < -0.39 is 0 Å². The first-order valence-corrected chi connectivity index (χ1v) is 8.32. The summed E-state index contributed by atoms with van der Waals surface area (Å²) in [6, 6.07) is 8.08. The Hall–Kier alpha value is -0.580. The lowest BCUT2D eigenvalue weighted by Gasteiger charge is -2.45. The molecule has 2 fully saturated rings. The molecule has 0 amide bonds. The second-order valence-electron chi connectivity index (χ2n) is 6.10. The van der Waals surface area contributed by atoms with Crippen molar-refractivity contribution in [3.8, 4) is 5.75 Å². The van der Waals surface area contributed by atoms with Gasteiger partial charge in [0.2, 0.25) is 0 Å². The van der Waals surface area contributed by atoms with E-state index in [4.69, 9.17) is 4.74 Å². The molecule has 0 bridgehead atoms.